The summed E-state index contributed by atoms with van der Waals surface area (Å²) in [6, 6.07) is 1.77. The van der Waals surface area contributed by atoms with Crippen molar-refractivity contribution in [3.8, 4) is 0 Å². The largest absolute Gasteiger partial charge is 2.00 e. The molecule has 0 saturated heterocycles. The number of nitrogens with zero attached hydrogens (tertiary/aromatic N) is 1. The van der Waals surface area contributed by atoms with Gasteiger partial charge in [-0.2, -0.15) is 0 Å². The minimum Gasteiger partial charge on any atom is -0.385 e. The van der Waals surface area contributed by atoms with Crippen molar-refractivity contribution in [1.29, 1.82) is 0 Å². The second kappa shape index (κ2) is 5.48. The van der Waals surface area contributed by atoms with Crippen LogP contribution < -0.4 is 0 Å². The summed E-state index contributed by atoms with van der Waals surface area (Å²) in [5.41, 5.74) is 0. The summed E-state index contributed by atoms with van der Waals surface area (Å²) in [6.07, 6.45) is 1.78. The van der Waals surface area contributed by atoms with Gasteiger partial charge in [-0.25, -0.2) is 8.78 Å². The van der Waals surface area contributed by atoms with E-state index in [-0.39, 0.29) is 28.5 Å². The average molecular weight is 313 g/mol. The topological polar surface area (TPSA) is 12.9 Å². The van der Waals surface area contributed by atoms with Gasteiger partial charge in [-0.1, -0.05) is 12.4 Å². The number of hydrogen-bond donors (Lipinski definition) is 0. The molecule has 0 radical (unpaired) electrons. The van der Waals surface area contributed by atoms with Crippen molar-refractivity contribution in [3.05, 3.63) is 37.5 Å². The van der Waals surface area contributed by atoms with Gasteiger partial charge < -0.3 is 12.4 Å². The molecule has 1 aromatic rings. The summed E-state index contributed by atoms with van der Waals surface area (Å²) in [7, 11) is 0. The maximum atomic E-state index is 11.8. The first-order chi connectivity index (χ1) is 3.79. The predicted molar refractivity (Wildman–Crippen MR) is 29.4 cm³/mol. The molecule has 1 nitrogen and oxygen atoms in total. The standard InChI is InChI=1S/C5H2F2N.CH3.W/c6-4-1-5(7)3-8-2-4;;/h2-3H;1H3;/q2*-1;+2. The van der Waals surface area contributed by atoms with E-state index < -0.39 is 11.6 Å². The number of pyridine rings is 1. The molecule has 0 N–H and O–H groups in total. The predicted octanol–water partition coefficient (Wildman–Crippen LogP) is 1.61. The van der Waals surface area contributed by atoms with Gasteiger partial charge in [0.05, 0.1) is 0 Å². The molecule has 10 heavy (non-hydrogen) atoms. The fraction of sp³-hybridized carbons (Fsp3) is 0. The van der Waals surface area contributed by atoms with Crippen LogP contribution >= 0.6 is 0 Å². The molecule has 1 heterocycles. The van der Waals surface area contributed by atoms with Gasteiger partial charge in [0.15, 0.2) is 0 Å². The molecular formula is C6H5F2NW. The Kier molecular flexibility index (Phi) is 6.79. The zero-order chi connectivity index (χ0) is 5.98. The van der Waals surface area contributed by atoms with Gasteiger partial charge in [0.2, 0.25) is 0 Å². The first-order valence-electron chi connectivity index (χ1n) is 1.97. The van der Waals surface area contributed by atoms with Crippen LogP contribution in [0, 0.1) is 25.1 Å². The Morgan fingerprint density at radius 2 is 1.60 bits per heavy atom. The monoisotopic (exact) mass is 313 g/mol. The maximum Gasteiger partial charge on any atom is 2.00 e. The zero-order valence-corrected chi connectivity index (χ0v) is 8.20. The second-order valence-electron chi connectivity index (χ2n) is 1.23. The molecule has 4 heteroatoms. The van der Waals surface area contributed by atoms with Crippen LogP contribution in [0.2, 0.25) is 0 Å². The molecule has 0 aliphatic rings. The summed E-state index contributed by atoms with van der Waals surface area (Å²) in [5.74, 6) is -1.55. The van der Waals surface area contributed by atoms with E-state index in [0.717, 1.165) is 12.4 Å². The summed E-state index contributed by atoms with van der Waals surface area (Å²) in [5, 5.41) is 0. The van der Waals surface area contributed by atoms with E-state index in [2.05, 4.69) is 4.98 Å². The third-order valence-electron chi connectivity index (χ3n) is 0.615. The molecule has 1 rings (SSSR count). The Morgan fingerprint density at radius 3 is 1.80 bits per heavy atom. The van der Waals surface area contributed by atoms with Crippen LogP contribution in [0.3, 0.4) is 0 Å². The first kappa shape index (κ1) is 12.4. The molecule has 1 aromatic heterocycles. The van der Waals surface area contributed by atoms with Gasteiger partial charge in [0.1, 0.15) is 0 Å². The van der Waals surface area contributed by atoms with Crippen LogP contribution in [-0.4, -0.2) is 4.98 Å². The van der Waals surface area contributed by atoms with Crippen molar-refractivity contribution in [2.75, 3.05) is 0 Å². The van der Waals surface area contributed by atoms with Crippen LogP contribution in [0.4, 0.5) is 8.78 Å². The molecule has 0 aliphatic heterocycles. The van der Waals surface area contributed by atoms with E-state index in [4.69, 9.17) is 0 Å². The number of hydrogen-bond acceptors (Lipinski definition) is 1. The fourth-order valence-electron chi connectivity index (χ4n) is 0.347. The van der Waals surface area contributed by atoms with E-state index in [0.29, 0.717) is 0 Å². The third kappa shape index (κ3) is 3.67. The average Bonchev–Trinajstić information content (AvgIpc) is 1.64. The van der Waals surface area contributed by atoms with Gasteiger partial charge in [-0.15, -0.1) is 6.07 Å². The first-order valence-corrected chi connectivity index (χ1v) is 1.97. The molecule has 0 fully saturated rings. The van der Waals surface area contributed by atoms with Crippen molar-refractivity contribution in [2.45, 2.75) is 0 Å². The minimum atomic E-state index is -0.773. The molecule has 0 unspecified atom stereocenters. The molecular weight excluding hydrogens is 308 g/mol. The Morgan fingerprint density at radius 1 is 1.20 bits per heavy atom. The van der Waals surface area contributed by atoms with Gasteiger partial charge in [-0.05, 0) is 0 Å². The van der Waals surface area contributed by atoms with Crippen LogP contribution in [-0.2, 0) is 21.1 Å². The molecule has 0 aromatic carbocycles. The Labute approximate surface area is 72.7 Å². The molecule has 0 amide bonds. The van der Waals surface area contributed by atoms with Crippen molar-refractivity contribution in [1.82, 2.24) is 4.98 Å². The van der Waals surface area contributed by atoms with Crippen molar-refractivity contribution in [2.24, 2.45) is 0 Å². The van der Waals surface area contributed by atoms with E-state index in [1.807, 2.05) is 0 Å². The van der Waals surface area contributed by atoms with Crippen LogP contribution in [0.1, 0.15) is 0 Å². The van der Waals surface area contributed by atoms with E-state index in [9.17, 15) is 8.78 Å². The minimum absolute atomic E-state index is 0. The molecule has 0 saturated carbocycles. The fourth-order valence-corrected chi connectivity index (χ4v) is 0.347. The van der Waals surface area contributed by atoms with Crippen LogP contribution in [0.15, 0.2) is 12.4 Å². The summed E-state index contributed by atoms with van der Waals surface area (Å²) < 4.78 is 23.6. The van der Waals surface area contributed by atoms with Gasteiger partial charge >= 0.3 is 21.1 Å². The maximum absolute atomic E-state index is 11.8. The summed E-state index contributed by atoms with van der Waals surface area (Å²) >= 11 is 0. The van der Waals surface area contributed by atoms with E-state index in [1.54, 1.807) is 6.07 Å². The van der Waals surface area contributed by atoms with Gasteiger partial charge in [0.25, 0.3) is 0 Å². The normalized spacial score (nSPS) is 7.40. The van der Waals surface area contributed by atoms with Crippen LogP contribution in [0.5, 0.6) is 0 Å². The molecule has 54 valence electrons. The number of aromatic nitrogens is 1. The zero-order valence-electron chi connectivity index (χ0n) is 5.27. The van der Waals surface area contributed by atoms with Crippen molar-refractivity contribution in [3.63, 3.8) is 0 Å². The summed E-state index contributed by atoms with van der Waals surface area (Å²) in [6.45, 7) is 0. The Balaban J connectivity index is 0. The number of halogens is 2. The smallest absolute Gasteiger partial charge is 0.385 e. The quantitative estimate of drug-likeness (QED) is 0.663. The van der Waals surface area contributed by atoms with Gasteiger partial charge in [-0.3, -0.25) is 0 Å². The van der Waals surface area contributed by atoms with Gasteiger partial charge in [0, 0.05) is 11.6 Å². The third-order valence-corrected chi connectivity index (χ3v) is 0.615. The van der Waals surface area contributed by atoms with Crippen molar-refractivity contribution < 1.29 is 29.8 Å². The second-order valence-corrected chi connectivity index (χ2v) is 1.23. The Bertz CT molecular complexity index is 176. The summed E-state index contributed by atoms with van der Waals surface area (Å²) in [4.78, 5) is 3.20. The van der Waals surface area contributed by atoms with E-state index >= 15 is 0 Å². The molecule has 0 atom stereocenters. The van der Waals surface area contributed by atoms with Crippen molar-refractivity contribution >= 4 is 0 Å². The Hall–Kier alpha value is -0.302. The van der Waals surface area contributed by atoms with Crippen LogP contribution in [0.25, 0.3) is 0 Å². The molecule has 0 spiro atoms. The van der Waals surface area contributed by atoms with E-state index in [1.165, 1.54) is 0 Å². The number of rotatable bonds is 0. The molecule has 0 aliphatic carbocycles. The molecule has 0 bridgehead atoms. The SMILES string of the molecule is Fc1[c-]c(F)cnc1.[CH3-].[W+2].